The fourth-order valence-corrected chi connectivity index (χ4v) is 3.62. The van der Waals surface area contributed by atoms with Gasteiger partial charge in [0.05, 0.1) is 4.90 Å². The van der Waals surface area contributed by atoms with Gasteiger partial charge in [0.15, 0.2) is 0 Å². The van der Waals surface area contributed by atoms with Crippen LogP contribution in [0, 0.1) is 0 Å². The van der Waals surface area contributed by atoms with E-state index in [-0.39, 0.29) is 0 Å². The van der Waals surface area contributed by atoms with Gasteiger partial charge in [-0.2, -0.15) is 4.31 Å². The number of rotatable bonds is 0. The van der Waals surface area contributed by atoms with Crippen molar-refractivity contribution in [3.05, 3.63) is 42.0 Å². The molecule has 0 radical (unpaired) electrons. The van der Waals surface area contributed by atoms with Crippen molar-refractivity contribution in [1.82, 2.24) is 4.31 Å². The number of sulfonamides is 1. The van der Waals surface area contributed by atoms with E-state index in [1.807, 2.05) is 24.3 Å². The van der Waals surface area contributed by atoms with Crippen LogP contribution in [0.3, 0.4) is 0 Å². The predicted octanol–water partition coefficient (Wildman–Crippen LogP) is 1.97. The normalized spacial score (nSPS) is 18.8. The monoisotopic (exact) mass is 233 g/mol. The summed E-state index contributed by atoms with van der Waals surface area (Å²) in [5, 5.41) is 1.87. The number of hydrogen-bond donors (Lipinski definition) is 0. The molecule has 16 heavy (non-hydrogen) atoms. The van der Waals surface area contributed by atoms with E-state index < -0.39 is 10.0 Å². The molecule has 0 amide bonds. The van der Waals surface area contributed by atoms with Crippen molar-refractivity contribution in [2.75, 3.05) is 7.05 Å². The largest absolute Gasteiger partial charge is 0.243 e. The Hall–Kier alpha value is -1.39. The Morgan fingerprint density at radius 1 is 1.12 bits per heavy atom. The Bertz CT molecular complexity index is 671. The van der Waals surface area contributed by atoms with Gasteiger partial charge < -0.3 is 0 Å². The number of benzene rings is 2. The van der Waals surface area contributed by atoms with Gasteiger partial charge in [-0.1, -0.05) is 30.3 Å². The fourth-order valence-electron chi connectivity index (χ4n) is 2.22. The van der Waals surface area contributed by atoms with E-state index >= 15 is 0 Å². The van der Waals surface area contributed by atoms with E-state index in [1.54, 1.807) is 19.2 Å². The third-order valence-electron chi connectivity index (χ3n) is 3.03. The molecule has 0 unspecified atom stereocenters. The Balaban J connectivity index is 2.54. The predicted molar refractivity (Wildman–Crippen MR) is 62.6 cm³/mol. The van der Waals surface area contributed by atoms with Gasteiger partial charge in [0.1, 0.15) is 0 Å². The van der Waals surface area contributed by atoms with Crippen molar-refractivity contribution in [1.29, 1.82) is 0 Å². The van der Waals surface area contributed by atoms with Gasteiger partial charge in [-0.15, -0.1) is 0 Å². The molecule has 0 aromatic heterocycles. The zero-order valence-electron chi connectivity index (χ0n) is 8.84. The topological polar surface area (TPSA) is 37.4 Å². The molecule has 0 atom stereocenters. The molecule has 2 aromatic rings. The average molecular weight is 233 g/mol. The molecule has 1 heterocycles. The first-order valence-electron chi connectivity index (χ1n) is 5.08. The third kappa shape index (κ3) is 1.14. The quantitative estimate of drug-likeness (QED) is 0.697. The first kappa shape index (κ1) is 9.81. The molecule has 0 saturated carbocycles. The van der Waals surface area contributed by atoms with Crippen molar-refractivity contribution in [2.24, 2.45) is 0 Å². The lowest BCUT2D eigenvalue weighted by atomic mass is 10.0. The van der Waals surface area contributed by atoms with Gasteiger partial charge in [-0.3, -0.25) is 0 Å². The fraction of sp³-hybridized carbons (Fsp3) is 0.167. The molecule has 4 heteroatoms. The van der Waals surface area contributed by atoms with Crippen molar-refractivity contribution < 1.29 is 8.42 Å². The molecule has 1 aliphatic rings. The van der Waals surface area contributed by atoms with Crippen molar-refractivity contribution in [3.63, 3.8) is 0 Å². The summed E-state index contributed by atoms with van der Waals surface area (Å²) < 4.78 is 25.6. The summed E-state index contributed by atoms with van der Waals surface area (Å²) in [5.74, 6) is 0. The van der Waals surface area contributed by atoms with Crippen molar-refractivity contribution in [2.45, 2.75) is 11.4 Å². The minimum Gasteiger partial charge on any atom is -0.207 e. The van der Waals surface area contributed by atoms with E-state index in [0.717, 1.165) is 16.3 Å². The minimum absolute atomic E-state index is 0.425. The molecule has 0 N–H and O–H groups in total. The van der Waals surface area contributed by atoms with Crippen LogP contribution in [-0.2, 0) is 16.6 Å². The van der Waals surface area contributed by atoms with Crippen LogP contribution >= 0.6 is 0 Å². The highest BCUT2D eigenvalue weighted by Gasteiger charge is 2.28. The maximum Gasteiger partial charge on any atom is 0.243 e. The second-order valence-corrected chi connectivity index (χ2v) is 6.05. The molecule has 82 valence electrons. The molecule has 0 fully saturated rings. The van der Waals surface area contributed by atoms with Crippen molar-refractivity contribution in [3.8, 4) is 0 Å². The molecule has 0 aliphatic carbocycles. The van der Waals surface area contributed by atoms with E-state index in [4.69, 9.17) is 0 Å². The Labute approximate surface area is 94.4 Å². The summed E-state index contributed by atoms with van der Waals surface area (Å²) >= 11 is 0. The van der Waals surface area contributed by atoms with Gasteiger partial charge in [0.25, 0.3) is 0 Å². The molecule has 3 rings (SSSR count). The van der Waals surface area contributed by atoms with E-state index in [1.165, 1.54) is 4.31 Å². The van der Waals surface area contributed by atoms with E-state index in [9.17, 15) is 8.42 Å². The lowest BCUT2D eigenvalue weighted by molar-refractivity contribution is 0.463. The van der Waals surface area contributed by atoms with Gasteiger partial charge >= 0.3 is 0 Å². The molecule has 0 saturated heterocycles. The van der Waals surface area contributed by atoms with Crippen LogP contribution in [0.1, 0.15) is 5.56 Å². The second-order valence-electron chi connectivity index (χ2n) is 4.03. The Morgan fingerprint density at radius 2 is 1.81 bits per heavy atom. The second kappa shape index (κ2) is 3.06. The summed E-state index contributed by atoms with van der Waals surface area (Å²) in [6.07, 6.45) is 0. The summed E-state index contributed by atoms with van der Waals surface area (Å²) in [7, 11) is -1.68. The lowest BCUT2D eigenvalue weighted by Crippen LogP contribution is -2.30. The standard InChI is InChI=1S/C12H11NO2S/c1-13-8-10-6-2-4-9-5-3-7-11(12(9)10)16(13,14)15/h2-7H,8H2,1H3. The highest BCUT2D eigenvalue weighted by Crippen LogP contribution is 2.33. The van der Waals surface area contributed by atoms with Crippen molar-refractivity contribution >= 4 is 20.8 Å². The lowest BCUT2D eigenvalue weighted by Gasteiger charge is -2.25. The molecular formula is C12H11NO2S. The van der Waals surface area contributed by atoms with E-state index in [2.05, 4.69) is 0 Å². The number of nitrogens with zero attached hydrogens (tertiary/aromatic N) is 1. The number of hydrogen-bond acceptors (Lipinski definition) is 2. The summed E-state index contributed by atoms with van der Waals surface area (Å²) in [6, 6.07) is 11.3. The maximum atomic E-state index is 12.1. The van der Waals surface area contributed by atoms with Crippen LogP contribution in [0.15, 0.2) is 41.3 Å². The van der Waals surface area contributed by atoms with Crippen LogP contribution in [0.4, 0.5) is 0 Å². The van der Waals surface area contributed by atoms with Gasteiger partial charge in [-0.25, -0.2) is 8.42 Å². The highest BCUT2D eigenvalue weighted by molar-refractivity contribution is 7.89. The minimum atomic E-state index is -3.29. The smallest absolute Gasteiger partial charge is 0.207 e. The zero-order chi connectivity index (χ0) is 11.3. The Morgan fingerprint density at radius 3 is 2.56 bits per heavy atom. The molecule has 0 bridgehead atoms. The van der Waals surface area contributed by atoms with Gasteiger partial charge in [-0.05, 0) is 17.0 Å². The van der Waals surface area contributed by atoms with E-state index in [0.29, 0.717) is 11.4 Å². The van der Waals surface area contributed by atoms with Crippen LogP contribution in [-0.4, -0.2) is 19.8 Å². The first-order chi connectivity index (χ1) is 7.60. The highest BCUT2D eigenvalue weighted by atomic mass is 32.2. The molecule has 0 spiro atoms. The van der Waals surface area contributed by atoms with Crippen LogP contribution in [0.2, 0.25) is 0 Å². The first-order valence-corrected chi connectivity index (χ1v) is 6.52. The maximum absolute atomic E-state index is 12.1. The molecular weight excluding hydrogens is 222 g/mol. The molecule has 1 aliphatic heterocycles. The Kier molecular flexibility index (Phi) is 1.87. The van der Waals surface area contributed by atoms with Crippen LogP contribution in [0.25, 0.3) is 10.8 Å². The van der Waals surface area contributed by atoms with Crippen LogP contribution < -0.4 is 0 Å². The van der Waals surface area contributed by atoms with Gasteiger partial charge in [0, 0.05) is 19.0 Å². The molecule has 3 nitrogen and oxygen atoms in total. The van der Waals surface area contributed by atoms with Crippen LogP contribution in [0.5, 0.6) is 0 Å². The summed E-state index contributed by atoms with van der Waals surface area (Å²) in [6.45, 7) is 0.455. The third-order valence-corrected chi connectivity index (χ3v) is 4.88. The van der Waals surface area contributed by atoms with Gasteiger partial charge in [0.2, 0.25) is 10.0 Å². The summed E-state index contributed by atoms with van der Waals surface area (Å²) in [4.78, 5) is 0.425. The SMILES string of the molecule is CN1Cc2cccc3cccc(c23)S1(=O)=O. The average Bonchev–Trinajstić information content (AvgIpc) is 2.27. The summed E-state index contributed by atoms with van der Waals surface area (Å²) in [5.41, 5.74) is 1.07. The zero-order valence-corrected chi connectivity index (χ0v) is 9.66. The molecule has 2 aromatic carbocycles.